The van der Waals surface area contributed by atoms with Crippen LogP contribution in [-0.2, 0) is 0 Å². The van der Waals surface area contributed by atoms with Crippen LogP contribution in [0.1, 0.15) is 11.5 Å². The van der Waals surface area contributed by atoms with Crippen molar-refractivity contribution in [1.82, 2.24) is 5.32 Å². The van der Waals surface area contributed by atoms with Crippen LogP contribution in [-0.4, -0.2) is 33.8 Å². The lowest BCUT2D eigenvalue weighted by molar-refractivity contribution is 0.407. The van der Waals surface area contributed by atoms with E-state index in [1.54, 1.807) is 7.11 Å². The number of hydrogen-bond acceptors (Lipinski definition) is 4. The Hall–Kier alpha value is -2.20. The first-order valence-electron chi connectivity index (χ1n) is 8.22. The van der Waals surface area contributed by atoms with Crippen LogP contribution in [0.15, 0.2) is 42.5 Å². The number of anilines is 3. The lowest BCUT2D eigenvalue weighted by atomic mass is 9.83. The molecule has 2 aliphatic rings. The van der Waals surface area contributed by atoms with Gasteiger partial charge in [-0.1, -0.05) is 18.2 Å². The maximum atomic E-state index is 5.71. The third-order valence-electron chi connectivity index (χ3n) is 5.02. The third-order valence-corrected chi connectivity index (χ3v) is 5.02. The second kappa shape index (κ2) is 5.78. The molecule has 2 N–H and O–H groups in total. The smallest absolute Gasteiger partial charge is 0.144 e. The summed E-state index contributed by atoms with van der Waals surface area (Å²) in [7, 11) is 3.93. The molecule has 2 aliphatic heterocycles. The van der Waals surface area contributed by atoms with Crippen molar-refractivity contribution in [1.29, 1.82) is 0 Å². The fourth-order valence-corrected chi connectivity index (χ4v) is 3.97. The van der Waals surface area contributed by atoms with Gasteiger partial charge in [0.1, 0.15) is 5.75 Å². The SMILES string of the molecule is COc1cc(Nc2ccccc2)cc2c1N(C)CC1CNCC21. The van der Waals surface area contributed by atoms with E-state index in [0.29, 0.717) is 11.8 Å². The van der Waals surface area contributed by atoms with Crippen LogP contribution in [0.5, 0.6) is 5.75 Å². The zero-order valence-corrected chi connectivity index (χ0v) is 13.7. The van der Waals surface area contributed by atoms with E-state index < -0.39 is 0 Å². The van der Waals surface area contributed by atoms with E-state index in [9.17, 15) is 0 Å². The Kier molecular flexibility index (Phi) is 3.62. The molecular weight excluding hydrogens is 286 g/mol. The van der Waals surface area contributed by atoms with E-state index in [1.807, 2.05) is 18.2 Å². The molecule has 0 radical (unpaired) electrons. The van der Waals surface area contributed by atoms with Crippen molar-refractivity contribution >= 4 is 17.1 Å². The van der Waals surface area contributed by atoms with Gasteiger partial charge in [0.05, 0.1) is 12.8 Å². The Balaban J connectivity index is 1.77. The molecule has 0 spiro atoms. The third kappa shape index (κ3) is 2.53. The van der Waals surface area contributed by atoms with Crippen molar-refractivity contribution in [2.75, 3.05) is 44.0 Å². The first-order chi connectivity index (χ1) is 11.3. The van der Waals surface area contributed by atoms with Gasteiger partial charge in [0.25, 0.3) is 0 Å². The van der Waals surface area contributed by atoms with Gasteiger partial charge < -0.3 is 20.3 Å². The monoisotopic (exact) mass is 309 g/mol. The predicted molar refractivity (Wildman–Crippen MR) is 95.1 cm³/mol. The summed E-state index contributed by atoms with van der Waals surface area (Å²) in [5, 5.41) is 7.05. The number of hydrogen-bond donors (Lipinski definition) is 2. The van der Waals surface area contributed by atoms with Gasteiger partial charge in [-0.15, -0.1) is 0 Å². The van der Waals surface area contributed by atoms with Crippen molar-refractivity contribution < 1.29 is 4.74 Å². The van der Waals surface area contributed by atoms with Gasteiger partial charge in [-0.05, 0) is 29.7 Å². The molecule has 0 saturated carbocycles. The van der Waals surface area contributed by atoms with Crippen molar-refractivity contribution in [3.05, 3.63) is 48.0 Å². The van der Waals surface area contributed by atoms with E-state index in [-0.39, 0.29) is 0 Å². The van der Waals surface area contributed by atoms with Gasteiger partial charge >= 0.3 is 0 Å². The average molecular weight is 309 g/mol. The molecular formula is C19H23N3O. The molecule has 4 nitrogen and oxygen atoms in total. The molecule has 2 heterocycles. The zero-order valence-electron chi connectivity index (χ0n) is 13.7. The minimum atomic E-state index is 0.577. The van der Waals surface area contributed by atoms with E-state index in [4.69, 9.17) is 4.74 Å². The van der Waals surface area contributed by atoms with Gasteiger partial charge in [0, 0.05) is 50.0 Å². The Morgan fingerprint density at radius 3 is 2.74 bits per heavy atom. The van der Waals surface area contributed by atoms with Gasteiger partial charge in [0.15, 0.2) is 0 Å². The van der Waals surface area contributed by atoms with Crippen LogP contribution in [0.3, 0.4) is 0 Å². The molecule has 0 amide bonds. The fourth-order valence-electron chi connectivity index (χ4n) is 3.97. The molecule has 0 bridgehead atoms. The second-order valence-electron chi connectivity index (χ2n) is 6.51. The minimum Gasteiger partial charge on any atom is -0.494 e. The zero-order chi connectivity index (χ0) is 15.8. The standard InChI is InChI=1S/C19H23N3O/c1-22-12-13-10-20-11-17(13)16-8-15(9-18(23-2)19(16)22)21-14-6-4-3-5-7-14/h3-9,13,17,20-21H,10-12H2,1-2H3. The van der Waals surface area contributed by atoms with Gasteiger partial charge in [-0.3, -0.25) is 0 Å². The number of nitrogens with zero attached hydrogens (tertiary/aromatic N) is 1. The molecule has 2 aromatic rings. The van der Waals surface area contributed by atoms with E-state index in [0.717, 1.165) is 36.8 Å². The molecule has 4 rings (SSSR count). The molecule has 1 saturated heterocycles. The molecule has 23 heavy (non-hydrogen) atoms. The highest BCUT2D eigenvalue weighted by Gasteiger charge is 2.37. The van der Waals surface area contributed by atoms with Crippen molar-refractivity contribution in [3.63, 3.8) is 0 Å². The summed E-state index contributed by atoms with van der Waals surface area (Å²) in [6.45, 7) is 3.25. The van der Waals surface area contributed by atoms with Gasteiger partial charge in [0.2, 0.25) is 0 Å². The van der Waals surface area contributed by atoms with Gasteiger partial charge in [-0.2, -0.15) is 0 Å². The van der Waals surface area contributed by atoms with Crippen LogP contribution >= 0.6 is 0 Å². The quantitative estimate of drug-likeness (QED) is 0.913. The summed E-state index contributed by atoms with van der Waals surface area (Å²) >= 11 is 0. The predicted octanol–water partition coefficient (Wildman–Crippen LogP) is 3.19. The number of methoxy groups -OCH3 is 1. The summed E-state index contributed by atoms with van der Waals surface area (Å²) in [5.74, 6) is 2.21. The molecule has 0 aliphatic carbocycles. The molecule has 2 unspecified atom stereocenters. The normalized spacial score (nSPS) is 22.4. The first-order valence-corrected chi connectivity index (χ1v) is 8.22. The summed E-state index contributed by atoms with van der Waals surface area (Å²) < 4.78 is 5.71. The number of ether oxygens (including phenoxy) is 1. The van der Waals surface area contributed by atoms with Crippen molar-refractivity contribution in [3.8, 4) is 5.75 Å². The lowest BCUT2D eigenvalue weighted by Gasteiger charge is -2.37. The Morgan fingerprint density at radius 1 is 1.13 bits per heavy atom. The summed E-state index contributed by atoms with van der Waals surface area (Å²) in [6.07, 6.45) is 0. The van der Waals surface area contributed by atoms with E-state index >= 15 is 0 Å². The number of para-hydroxylation sites is 1. The topological polar surface area (TPSA) is 36.5 Å². The van der Waals surface area contributed by atoms with E-state index in [2.05, 4.69) is 46.8 Å². The van der Waals surface area contributed by atoms with Gasteiger partial charge in [-0.25, -0.2) is 0 Å². The molecule has 120 valence electrons. The van der Waals surface area contributed by atoms with Crippen LogP contribution in [0.4, 0.5) is 17.1 Å². The number of nitrogens with one attached hydrogen (secondary N) is 2. The highest BCUT2D eigenvalue weighted by molar-refractivity contribution is 5.74. The minimum absolute atomic E-state index is 0.577. The molecule has 2 aromatic carbocycles. The number of benzene rings is 2. The maximum Gasteiger partial charge on any atom is 0.144 e. The number of rotatable bonds is 3. The molecule has 0 aromatic heterocycles. The Morgan fingerprint density at radius 2 is 1.96 bits per heavy atom. The second-order valence-corrected chi connectivity index (χ2v) is 6.51. The Bertz CT molecular complexity index is 701. The molecule has 4 heteroatoms. The first kappa shape index (κ1) is 14.4. The summed E-state index contributed by atoms with van der Waals surface area (Å²) in [6, 6.07) is 14.7. The highest BCUT2D eigenvalue weighted by Crippen LogP contribution is 2.46. The molecule has 2 atom stereocenters. The summed E-state index contributed by atoms with van der Waals surface area (Å²) in [4.78, 5) is 2.34. The highest BCUT2D eigenvalue weighted by atomic mass is 16.5. The number of fused-ring (bicyclic) bond motifs is 3. The van der Waals surface area contributed by atoms with Crippen LogP contribution < -0.4 is 20.3 Å². The summed E-state index contributed by atoms with van der Waals surface area (Å²) in [5.41, 5.74) is 4.83. The Labute approximate surface area is 137 Å². The van der Waals surface area contributed by atoms with Crippen LogP contribution in [0.2, 0.25) is 0 Å². The largest absolute Gasteiger partial charge is 0.494 e. The van der Waals surface area contributed by atoms with Crippen LogP contribution in [0, 0.1) is 5.92 Å². The molecule has 1 fully saturated rings. The van der Waals surface area contributed by atoms with Crippen molar-refractivity contribution in [2.45, 2.75) is 5.92 Å². The van der Waals surface area contributed by atoms with E-state index in [1.165, 1.54) is 11.3 Å². The average Bonchev–Trinajstić information content (AvgIpc) is 3.03. The lowest BCUT2D eigenvalue weighted by Crippen LogP contribution is -2.35. The van der Waals surface area contributed by atoms with Crippen molar-refractivity contribution in [2.24, 2.45) is 5.92 Å². The fraction of sp³-hybridized carbons (Fsp3) is 0.368. The van der Waals surface area contributed by atoms with Crippen LogP contribution in [0.25, 0.3) is 0 Å². The maximum absolute atomic E-state index is 5.71.